The van der Waals surface area contributed by atoms with Crippen molar-refractivity contribution >= 4 is 27.6 Å². The number of nitrogens with zero attached hydrogens (tertiary/aromatic N) is 1. The number of hydrogen-bond donors (Lipinski definition) is 2. The number of halogens is 1. The molecule has 2 N–H and O–H groups in total. The molecule has 2 rings (SSSR count). The fourth-order valence-corrected chi connectivity index (χ4v) is 4.44. The predicted octanol–water partition coefficient (Wildman–Crippen LogP) is 1.43. The summed E-state index contributed by atoms with van der Waals surface area (Å²) in [5.41, 5.74) is -0.121. The maximum Gasteiger partial charge on any atom is 0.335 e. The minimum atomic E-state index is -3.82. The minimum absolute atomic E-state index is 0.00519. The summed E-state index contributed by atoms with van der Waals surface area (Å²) in [6, 6.07) is 3.63. The molecule has 1 aromatic carbocycles. The van der Waals surface area contributed by atoms with E-state index in [9.17, 15) is 13.2 Å². The van der Waals surface area contributed by atoms with Crippen molar-refractivity contribution in [3.05, 3.63) is 28.8 Å². The van der Waals surface area contributed by atoms with Gasteiger partial charge in [-0.1, -0.05) is 11.6 Å². The van der Waals surface area contributed by atoms with Crippen molar-refractivity contribution in [2.45, 2.75) is 17.7 Å². The normalized spacial score (nSPS) is 19.8. The molecule has 0 bridgehead atoms. The summed E-state index contributed by atoms with van der Waals surface area (Å²) in [5, 5.41) is 17.9. The number of carboxylic acids is 1. The highest BCUT2D eigenvalue weighted by Gasteiger charge is 2.33. The first-order valence-corrected chi connectivity index (χ1v) is 8.32. The Labute approximate surface area is 128 Å². The molecule has 6 nitrogen and oxygen atoms in total. The third kappa shape index (κ3) is 3.37. The molecule has 8 heteroatoms. The van der Waals surface area contributed by atoms with Gasteiger partial charge in [0.2, 0.25) is 10.0 Å². The first-order valence-electron chi connectivity index (χ1n) is 6.50. The molecule has 116 valence electrons. The molecule has 1 aliphatic rings. The number of carbonyl (C=O) groups is 1. The number of aliphatic hydroxyl groups is 1. The largest absolute Gasteiger partial charge is 0.478 e. The van der Waals surface area contributed by atoms with Crippen LogP contribution in [-0.4, -0.2) is 48.6 Å². The van der Waals surface area contributed by atoms with Gasteiger partial charge in [-0.25, -0.2) is 13.2 Å². The van der Waals surface area contributed by atoms with E-state index in [1.165, 1.54) is 16.4 Å². The molecule has 0 aliphatic carbocycles. The second kappa shape index (κ2) is 6.31. The summed E-state index contributed by atoms with van der Waals surface area (Å²) >= 11 is 5.92. The maximum atomic E-state index is 12.6. The van der Waals surface area contributed by atoms with Gasteiger partial charge >= 0.3 is 5.97 Å². The van der Waals surface area contributed by atoms with Crippen LogP contribution in [0, 0.1) is 5.92 Å². The second-order valence-electron chi connectivity index (χ2n) is 4.98. The zero-order valence-electron chi connectivity index (χ0n) is 11.2. The molecule has 0 spiro atoms. The molecular weight excluding hydrogens is 318 g/mol. The van der Waals surface area contributed by atoms with Crippen LogP contribution in [0.25, 0.3) is 0 Å². The Kier molecular flexibility index (Phi) is 4.88. The highest BCUT2D eigenvalue weighted by molar-refractivity contribution is 7.89. The number of carboxylic acid groups (broad SMARTS) is 1. The van der Waals surface area contributed by atoms with Crippen LogP contribution in [0.3, 0.4) is 0 Å². The van der Waals surface area contributed by atoms with E-state index in [0.717, 1.165) is 6.07 Å². The summed E-state index contributed by atoms with van der Waals surface area (Å²) in [5.74, 6) is -1.09. The lowest BCUT2D eigenvalue weighted by molar-refractivity contribution is 0.0696. The summed E-state index contributed by atoms with van der Waals surface area (Å²) in [4.78, 5) is 10.8. The van der Waals surface area contributed by atoms with E-state index in [-0.39, 0.29) is 28.0 Å². The first kappa shape index (κ1) is 16.2. The predicted molar refractivity (Wildman–Crippen MR) is 77.0 cm³/mol. The molecule has 0 aromatic heterocycles. The number of rotatable bonds is 5. The van der Waals surface area contributed by atoms with Gasteiger partial charge in [-0.2, -0.15) is 4.31 Å². The standard InChI is InChI=1S/C13H16ClNO5S/c14-11-2-1-10(13(17)18)7-12(11)21(19,20)15-5-3-9(8-15)4-6-16/h1-2,7,9,16H,3-6,8H2,(H,17,18). The van der Waals surface area contributed by atoms with E-state index < -0.39 is 16.0 Å². The molecule has 1 atom stereocenters. The zero-order valence-corrected chi connectivity index (χ0v) is 12.8. The SMILES string of the molecule is O=C(O)c1ccc(Cl)c(S(=O)(=O)N2CCC(CCO)C2)c1. The van der Waals surface area contributed by atoms with Crippen LogP contribution in [0.4, 0.5) is 0 Å². The van der Waals surface area contributed by atoms with Crippen LogP contribution in [0.5, 0.6) is 0 Å². The van der Waals surface area contributed by atoms with Crippen molar-refractivity contribution in [2.75, 3.05) is 19.7 Å². The smallest absolute Gasteiger partial charge is 0.335 e. The topological polar surface area (TPSA) is 94.9 Å². The molecule has 1 aliphatic heterocycles. The van der Waals surface area contributed by atoms with Crippen LogP contribution in [0.15, 0.2) is 23.1 Å². The molecule has 1 unspecified atom stereocenters. The van der Waals surface area contributed by atoms with Gasteiger partial charge in [0.1, 0.15) is 4.90 Å². The Bertz CT molecular complexity index is 646. The maximum absolute atomic E-state index is 12.6. The van der Waals surface area contributed by atoms with Gasteiger partial charge < -0.3 is 10.2 Å². The Morgan fingerprint density at radius 3 is 2.76 bits per heavy atom. The van der Waals surface area contributed by atoms with E-state index in [1.54, 1.807) is 0 Å². The number of sulfonamides is 1. The molecule has 0 saturated carbocycles. The second-order valence-corrected chi connectivity index (χ2v) is 7.29. The molecule has 1 heterocycles. The summed E-state index contributed by atoms with van der Waals surface area (Å²) in [6.07, 6.45) is 1.23. The minimum Gasteiger partial charge on any atom is -0.478 e. The van der Waals surface area contributed by atoms with Gasteiger partial charge in [0, 0.05) is 19.7 Å². The quantitative estimate of drug-likeness (QED) is 0.850. The lowest BCUT2D eigenvalue weighted by Gasteiger charge is -2.17. The van der Waals surface area contributed by atoms with Gasteiger partial charge in [0.05, 0.1) is 10.6 Å². The van der Waals surface area contributed by atoms with Crippen molar-refractivity contribution in [3.63, 3.8) is 0 Å². The summed E-state index contributed by atoms with van der Waals surface area (Å²) in [7, 11) is -3.82. The van der Waals surface area contributed by atoms with Crippen LogP contribution in [0.1, 0.15) is 23.2 Å². The monoisotopic (exact) mass is 333 g/mol. The van der Waals surface area contributed by atoms with Gasteiger partial charge in [-0.15, -0.1) is 0 Å². The molecule has 0 radical (unpaired) electrons. The van der Waals surface area contributed by atoms with Crippen molar-refractivity contribution < 1.29 is 23.4 Å². The lowest BCUT2D eigenvalue weighted by Crippen LogP contribution is -2.29. The van der Waals surface area contributed by atoms with Crippen molar-refractivity contribution in [2.24, 2.45) is 5.92 Å². The van der Waals surface area contributed by atoms with E-state index in [2.05, 4.69) is 0 Å². The summed E-state index contributed by atoms with van der Waals surface area (Å²) in [6.45, 7) is 0.685. The zero-order chi connectivity index (χ0) is 15.6. The van der Waals surface area contributed by atoms with Crippen molar-refractivity contribution in [1.82, 2.24) is 4.31 Å². The first-order chi connectivity index (χ1) is 9.86. The molecular formula is C13H16ClNO5S. The van der Waals surface area contributed by atoms with Gasteiger partial charge in [0.25, 0.3) is 0 Å². The lowest BCUT2D eigenvalue weighted by atomic mass is 10.1. The summed E-state index contributed by atoms with van der Waals surface area (Å²) < 4.78 is 26.4. The molecule has 21 heavy (non-hydrogen) atoms. The Morgan fingerprint density at radius 2 is 2.14 bits per heavy atom. The van der Waals surface area contributed by atoms with Gasteiger partial charge in [-0.05, 0) is 37.0 Å². The van der Waals surface area contributed by atoms with Crippen LogP contribution in [0.2, 0.25) is 5.02 Å². The van der Waals surface area contributed by atoms with E-state index in [4.69, 9.17) is 21.8 Å². The Morgan fingerprint density at radius 1 is 1.43 bits per heavy atom. The number of aliphatic hydroxyl groups excluding tert-OH is 1. The molecule has 1 saturated heterocycles. The van der Waals surface area contributed by atoms with Crippen molar-refractivity contribution in [3.8, 4) is 0 Å². The average molecular weight is 334 g/mol. The number of hydrogen-bond acceptors (Lipinski definition) is 4. The average Bonchev–Trinajstić information content (AvgIpc) is 2.88. The van der Waals surface area contributed by atoms with Gasteiger partial charge in [-0.3, -0.25) is 0 Å². The fourth-order valence-electron chi connectivity index (χ4n) is 2.41. The van der Waals surface area contributed by atoms with Crippen LogP contribution >= 0.6 is 11.6 Å². The number of benzene rings is 1. The Balaban J connectivity index is 2.32. The molecule has 1 aromatic rings. The van der Waals surface area contributed by atoms with Crippen LogP contribution in [-0.2, 0) is 10.0 Å². The van der Waals surface area contributed by atoms with Crippen molar-refractivity contribution in [1.29, 1.82) is 0 Å². The molecule has 0 amide bonds. The highest BCUT2D eigenvalue weighted by Crippen LogP contribution is 2.30. The highest BCUT2D eigenvalue weighted by atomic mass is 35.5. The van der Waals surface area contributed by atoms with E-state index >= 15 is 0 Å². The fraction of sp³-hybridized carbons (Fsp3) is 0.462. The third-order valence-electron chi connectivity index (χ3n) is 3.58. The molecule has 1 fully saturated rings. The van der Waals surface area contributed by atoms with Crippen LogP contribution < -0.4 is 0 Å². The number of aromatic carboxylic acids is 1. The third-order valence-corrected chi connectivity index (χ3v) is 5.93. The van der Waals surface area contributed by atoms with E-state index in [0.29, 0.717) is 25.9 Å². The Hall–Kier alpha value is -1.15. The van der Waals surface area contributed by atoms with E-state index in [1.807, 2.05) is 0 Å². The van der Waals surface area contributed by atoms with Gasteiger partial charge in [0.15, 0.2) is 0 Å².